The molecule has 150 valence electrons. The Balaban J connectivity index is 1.85. The monoisotopic (exact) mass is 396 g/mol. The molecule has 1 saturated carbocycles. The van der Waals surface area contributed by atoms with E-state index in [-0.39, 0.29) is 16.8 Å². The van der Waals surface area contributed by atoms with E-state index in [0.717, 1.165) is 31.2 Å². The van der Waals surface area contributed by atoms with Gasteiger partial charge in [-0.05, 0) is 38.8 Å². The molecule has 1 N–H and O–H groups in total. The third-order valence-electron chi connectivity index (χ3n) is 4.86. The van der Waals surface area contributed by atoms with E-state index in [9.17, 15) is 18.0 Å². The average Bonchev–Trinajstić information content (AvgIpc) is 2.66. The standard InChI is InChI=1S/C19H28N2O5S/c1-14-9-11-17(12-10-14)27(24,25)20-13-18(22)26-15(2)19(23)21(3)16-7-5-4-6-8-16/h9-12,15-16,20H,4-8,13H2,1-3H3/t15-/m1/s1. The highest BCUT2D eigenvalue weighted by atomic mass is 32.2. The lowest BCUT2D eigenvalue weighted by molar-refractivity contribution is -0.158. The number of benzene rings is 1. The van der Waals surface area contributed by atoms with Gasteiger partial charge in [-0.2, -0.15) is 4.72 Å². The van der Waals surface area contributed by atoms with Crippen LogP contribution in [0.3, 0.4) is 0 Å². The van der Waals surface area contributed by atoms with Crippen molar-refractivity contribution in [3.8, 4) is 0 Å². The van der Waals surface area contributed by atoms with E-state index in [2.05, 4.69) is 4.72 Å². The largest absolute Gasteiger partial charge is 0.452 e. The molecular weight excluding hydrogens is 368 g/mol. The van der Waals surface area contributed by atoms with Gasteiger partial charge >= 0.3 is 5.97 Å². The summed E-state index contributed by atoms with van der Waals surface area (Å²) in [7, 11) is -2.08. The SMILES string of the molecule is Cc1ccc(S(=O)(=O)NCC(=O)O[C@H](C)C(=O)N(C)C2CCCCC2)cc1. The molecule has 8 heteroatoms. The molecule has 0 spiro atoms. The second-order valence-corrected chi connectivity index (χ2v) is 8.78. The first-order valence-electron chi connectivity index (χ1n) is 9.23. The fourth-order valence-corrected chi connectivity index (χ4v) is 4.15. The van der Waals surface area contributed by atoms with Gasteiger partial charge in [0.25, 0.3) is 5.91 Å². The number of amides is 1. The molecule has 1 aromatic rings. The molecule has 1 atom stereocenters. The van der Waals surface area contributed by atoms with E-state index in [4.69, 9.17) is 4.74 Å². The summed E-state index contributed by atoms with van der Waals surface area (Å²) in [5, 5.41) is 0. The maximum atomic E-state index is 12.4. The summed E-state index contributed by atoms with van der Waals surface area (Å²) in [6, 6.07) is 6.46. The Kier molecular flexibility index (Phi) is 7.38. The second-order valence-electron chi connectivity index (χ2n) is 7.01. The lowest BCUT2D eigenvalue weighted by atomic mass is 9.94. The van der Waals surface area contributed by atoms with Gasteiger partial charge in [0.2, 0.25) is 10.0 Å². The van der Waals surface area contributed by atoms with E-state index in [1.807, 2.05) is 6.92 Å². The highest BCUT2D eigenvalue weighted by Crippen LogP contribution is 2.22. The summed E-state index contributed by atoms with van der Waals surface area (Å²) in [5.41, 5.74) is 0.933. The van der Waals surface area contributed by atoms with Crippen molar-refractivity contribution in [1.29, 1.82) is 0 Å². The molecule has 0 unspecified atom stereocenters. The molecular formula is C19H28N2O5S. The van der Waals surface area contributed by atoms with Gasteiger partial charge in [-0.15, -0.1) is 0 Å². The number of carbonyl (C=O) groups is 2. The fourth-order valence-electron chi connectivity index (χ4n) is 3.18. The number of sulfonamides is 1. The van der Waals surface area contributed by atoms with Crippen LogP contribution < -0.4 is 4.72 Å². The van der Waals surface area contributed by atoms with Crippen molar-refractivity contribution in [2.45, 2.75) is 63.0 Å². The van der Waals surface area contributed by atoms with Crippen LogP contribution in [0.25, 0.3) is 0 Å². The molecule has 0 saturated heterocycles. The number of nitrogens with zero attached hydrogens (tertiary/aromatic N) is 1. The number of esters is 1. The van der Waals surface area contributed by atoms with Crippen molar-refractivity contribution in [2.75, 3.05) is 13.6 Å². The number of hydrogen-bond donors (Lipinski definition) is 1. The third kappa shape index (κ3) is 6.04. The number of rotatable bonds is 7. The number of hydrogen-bond acceptors (Lipinski definition) is 5. The fraction of sp³-hybridized carbons (Fsp3) is 0.579. The third-order valence-corrected chi connectivity index (χ3v) is 6.28. The lowest BCUT2D eigenvalue weighted by Crippen LogP contribution is -2.45. The maximum absolute atomic E-state index is 12.4. The zero-order valence-corrected chi connectivity index (χ0v) is 16.9. The summed E-state index contributed by atoms with van der Waals surface area (Å²) in [6.07, 6.45) is 4.34. The molecule has 1 amide bonds. The molecule has 2 rings (SSSR count). The summed E-state index contributed by atoms with van der Waals surface area (Å²) < 4.78 is 31.7. The molecule has 1 aliphatic carbocycles. The van der Waals surface area contributed by atoms with Crippen LogP contribution in [-0.4, -0.2) is 50.9 Å². The molecule has 7 nitrogen and oxygen atoms in total. The molecule has 0 aliphatic heterocycles. The Bertz CT molecular complexity index is 755. The lowest BCUT2D eigenvalue weighted by Gasteiger charge is -2.32. The molecule has 0 radical (unpaired) electrons. The zero-order chi connectivity index (χ0) is 20.0. The van der Waals surface area contributed by atoms with Gasteiger partial charge in [0.05, 0.1) is 4.90 Å². The summed E-state index contributed by atoms with van der Waals surface area (Å²) in [6.45, 7) is 2.83. The zero-order valence-electron chi connectivity index (χ0n) is 16.1. The molecule has 1 aliphatic rings. The van der Waals surface area contributed by atoms with Gasteiger partial charge in [-0.3, -0.25) is 9.59 Å². The Hall–Kier alpha value is -1.93. The molecule has 0 heterocycles. The van der Waals surface area contributed by atoms with Crippen LogP contribution in [0.15, 0.2) is 29.2 Å². The van der Waals surface area contributed by atoms with Crippen molar-refractivity contribution >= 4 is 21.9 Å². The molecule has 27 heavy (non-hydrogen) atoms. The first-order chi connectivity index (χ1) is 12.7. The van der Waals surface area contributed by atoms with Crippen molar-refractivity contribution in [1.82, 2.24) is 9.62 Å². The number of nitrogens with one attached hydrogen (secondary N) is 1. The highest BCUT2D eigenvalue weighted by Gasteiger charge is 2.28. The quantitative estimate of drug-likeness (QED) is 0.712. The normalized spacial score (nSPS) is 16.6. The van der Waals surface area contributed by atoms with Crippen LogP contribution in [-0.2, 0) is 24.3 Å². The van der Waals surface area contributed by atoms with Crippen LogP contribution in [0.2, 0.25) is 0 Å². The van der Waals surface area contributed by atoms with Crippen molar-refractivity contribution in [2.24, 2.45) is 0 Å². The van der Waals surface area contributed by atoms with Crippen LogP contribution in [0.4, 0.5) is 0 Å². The predicted molar refractivity (Wildman–Crippen MR) is 102 cm³/mol. The molecule has 1 aromatic carbocycles. The highest BCUT2D eigenvalue weighted by molar-refractivity contribution is 7.89. The topological polar surface area (TPSA) is 92.8 Å². The number of ether oxygens (including phenoxy) is 1. The molecule has 0 aromatic heterocycles. The van der Waals surface area contributed by atoms with E-state index in [1.54, 1.807) is 24.1 Å². The van der Waals surface area contributed by atoms with Crippen LogP contribution in [0.1, 0.15) is 44.6 Å². The van der Waals surface area contributed by atoms with Crippen LogP contribution >= 0.6 is 0 Å². The first kappa shape index (κ1) is 21.4. The average molecular weight is 397 g/mol. The van der Waals surface area contributed by atoms with Gasteiger partial charge in [0.1, 0.15) is 6.54 Å². The van der Waals surface area contributed by atoms with E-state index >= 15 is 0 Å². The number of likely N-dealkylation sites (N-methyl/N-ethyl adjacent to an activating group) is 1. The molecule has 1 fully saturated rings. The first-order valence-corrected chi connectivity index (χ1v) is 10.7. The van der Waals surface area contributed by atoms with Gasteiger partial charge in [0, 0.05) is 13.1 Å². The second kappa shape index (κ2) is 9.32. The summed E-state index contributed by atoms with van der Waals surface area (Å²) in [4.78, 5) is 26.1. The number of aryl methyl sites for hydroxylation is 1. The van der Waals surface area contributed by atoms with Gasteiger partial charge in [-0.1, -0.05) is 37.0 Å². The summed E-state index contributed by atoms with van der Waals surface area (Å²) in [5.74, 6) is -1.06. The minimum absolute atomic E-state index is 0.0713. The van der Waals surface area contributed by atoms with Gasteiger partial charge in [-0.25, -0.2) is 8.42 Å². The van der Waals surface area contributed by atoms with Crippen LogP contribution in [0, 0.1) is 6.92 Å². The van der Waals surface area contributed by atoms with Crippen LogP contribution in [0.5, 0.6) is 0 Å². The van der Waals surface area contributed by atoms with Gasteiger partial charge < -0.3 is 9.64 Å². The van der Waals surface area contributed by atoms with Crippen molar-refractivity contribution in [3.05, 3.63) is 29.8 Å². The minimum atomic E-state index is -3.81. The Morgan fingerprint density at radius 1 is 1.19 bits per heavy atom. The van der Waals surface area contributed by atoms with Gasteiger partial charge in [0.15, 0.2) is 6.10 Å². The smallest absolute Gasteiger partial charge is 0.321 e. The van der Waals surface area contributed by atoms with Crippen molar-refractivity contribution < 1.29 is 22.7 Å². The van der Waals surface area contributed by atoms with E-state index in [0.29, 0.717) is 0 Å². The number of carbonyl (C=O) groups excluding carboxylic acids is 2. The maximum Gasteiger partial charge on any atom is 0.321 e. The summed E-state index contributed by atoms with van der Waals surface area (Å²) >= 11 is 0. The molecule has 0 bridgehead atoms. The Morgan fingerprint density at radius 3 is 2.37 bits per heavy atom. The van der Waals surface area contributed by atoms with Crippen molar-refractivity contribution in [3.63, 3.8) is 0 Å². The van der Waals surface area contributed by atoms with E-state index in [1.165, 1.54) is 25.5 Å². The van der Waals surface area contributed by atoms with E-state index < -0.39 is 28.6 Å². The predicted octanol–water partition coefficient (Wildman–Crippen LogP) is 2.00. The Morgan fingerprint density at radius 2 is 1.78 bits per heavy atom. The minimum Gasteiger partial charge on any atom is -0.452 e. The Labute approximate surface area is 161 Å².